The molecule has 1 aromatic heterocycles. The van der Waals surface area contributed by atoms with Crippen molar-refractivity contribution in [3.05, 3.63) is 17.8 Å². The van der Waals surface area contributed by atoms with Crippen LogP contribution in [0.25, 0.3) is 0 Å². The van der Waals surface area contributed by atoms with E-state index in [-0.39, 0.29) is 0 Å². The summed E-state index contributed by atoms with van der Waals surface area (Å²) in [4.78, 5) is 8.88. The highest BCUT2D eigenvalue weighted by molar-refractivity contribution is 5.70. The van der Waals surface area contributed by atoms with Gasteiger partial charge in [0.2, 0.25) is 0 Å². The van der Waals surface area contributed by atoms with Crippen LogP contribution in [0.2, 0.25) is 0 Å². The first-order valence-electron chi connectivity index (χ1n) is 6.23. The van der Waals surface area contributed by atoms with Gasteiger partial charge in [0, 0.05) is 25.3 Å². The first kappa shape index (κ1) is 12.7. The molecule has 0 aliphatic carbocycles. The van der Waals surface area contributed by atoms with Gasteiger partial charge in [0.05, 0.1) is 11.3 Å². The zero-order valence-electron chi connectivity index (χ0n) is 10.9. The maximum Gasteiger partial charge on any atom is 0.153 e. The fourth-order valence-electron chi connectivity index (χ4n) is 2.48. The maximum absolute atomic E-state index is 9.02. The van der Waals surface area contributed by atoms with Crippen LogP contribution in [0.1, 0.15) is 18.9 Å². The summed E-state index contributed by atoms with van der Waals surface area (Å²) in [5.74, 6) is 0.747. The van der Waals surface area contributed by atoms with Crippen molar-refractivity contribution in [1.82, 2.24) is 9.88 Å². The van der Waals surface area contributed by atoms with Crippen LogP contribution in [0.4, 0.5) is 11.5 Å². The van der Waals surface area contributed by atoms with E-state index in [4.69, 9.17) is 11.0 Å². The summed E-state index contributed by atoms with van der Waals surface area (Å²) in [6, 6.07) is 4.12. The van der Waals surface area contributed by atoms with E-state index in [1.54, 1.807) is 12.3 Å². The molecule has 0 aromatic carbocycles. The van der Waals surface area contributed by atoms with Gasteiger partial charge in [0.25, 0.3) is 0 Å². The molecule has 0 amide bonds. The molecule has 0 saturated carbocycles. The average molecular weight is 245 g/mol. The number of nitriles is 1. The fourth-order valence-corrected chi connectivity index (χ4v) is 2.48. The molecule has 2 heterocycles. The predicted octanol–water partition coefficient (Wildman–Crippen LogP) is 1.07. The number of aromatic nitrogens is 1. The van der Waals surface area contributed by atoms with Gasteiger partial charge in [0.15, 0.2) is 5.82 Å². The van der Waals surface area contributed by atoms with E-state index in [1.165, 1.54) is 0 Å². The Balaban J connectivity index is 2.33. The SMILES string of the molecule is CC1CN(C)CCCN1c1nccc(C#N)c1N. The third kappa shape index (κ3) is 2.39. The Morgan fingerprint density at radius 2 is 2.28 bits per heavy atom. The van der Waals surface area contributed by atoms with Crippen molar-refractivity contribution < 1.29 is 0 Å². The van der Waals surface area contributed by atoms with Gasteiger partial charge in [0.1, 0.15) is 6.07 Å². The van der Waals surface area contributed by atoms with Crippen LogP contribution in [0.5, 0.6) is 0 Å². The molecule has 0 radical (unpaired) electrons. The standard InChI is InChI=1S/C13H19N5/c1-10-9-17(2)6-3-7-18(10)13-12(15)11(8-14)4-5-16-13/h4-5,10H,3,6-7,9,15H2,1-2H3. The van der Waals surface area contributed by atoms with Gasteiger partial charge in [-0.25, -0.2) is 4.98 Å². The summed E-state index contributed by atoms with van der Waals surface area (Å²) in [5, 5.41) is 9.02. The largest absolute Gasteiger partial charge is 0.395 e. The fraction of sp³-hybridized carbons (Fsp3) is 0.538. The van der Waals surface area contributed by atoms with Gasteiger partial charge in [-0.15, -0.1) is 0 Å². The Labute approximate surface area is 108 Å². The molecule has 1 saturated heterocycles. The van der Waals surface area contributed by atoms with Crippen molar-refractivity contribution in [3.63, 3.8) is 0 Å². The number of anilines is 2. The Morgan fingerprint density at radius 1 is 1.50 bits per heavy atom. The third-order valence-electron chi connectivity index (χ3n) is 3.41. The molecule has 5 heteroatoms. The molecule has 1 atom stereocenters. The molecular formula is C13H19N5. The van der Waals surface area contributed by atoms with Crippen molar-refractivity contribution in [2.45, 2.75) is 19.4 Å². The summed E-state index contributed by atoms with van der Waals surface area (Å²) in [5.41, 5.74) is 7.03. The molecule has 1 aliphatic rings. The summed E-state index contributed by atoms with van der Waals surface area (Å²) in [7, 11) is 2.13. The van der Waals surface area contributed by atoms with E-state index in [0.29, 0.717) is 17.3 Å². The van der Waals surface area contributed by atoms with Crippen LogP contribution >= 0.6 is 0 Å². The van der Waals surface area contributed by atoms with E-state index in [2.05, 4.69) is 34.8 Å². The van der Waals surface area contributed by atoms with Gasteiger partial charge in [-0.1, -0.05) is 0 Å². The highest BCUT2D eigenvalue weighted by atomic mass is 15.3. The third-order valence-corrected chi connectivity index (χ3v) is 3.41. The maximum atomic E-state index is 9.02. The topological polar surface area (TPSA) is 69.2 Å². The molecular weight excluding hydrogens is 226 g/mol. The molecule has 1 unspecified atom stereocenters. The summed E-state index contributed by atoms with van der Waals surface area (Å²) in [6.45, 7) is 5.16. The number of nitrogens with zero attached hydrogens (tertiary/aromatic N) is 4. The summed E-state index contributed by atoms with van der Waals surface area (Å²) < 4.78 is 0. The molecule has 1 aromatic rings. The summed E-state index contributed by atoms with van der Waals surface area (Å²) in [6.07, 6.45) is 2.74. The smallest absolute Gasteiger partial charge is 0.153 e. The molecule has 0 spiro atoms. The lowest BCUT2D eigenvalue weighted by atomic mass is 10.2. The van der Waals surface area contributed by atoms with Crippen LogP contribution in [-0.4, -0.2) is 42.6 Å². The van der Waals surface area contributed by atoms with Crippen LogP contribution in [0, 0.1) is 11.3 Å². The minimum Gasteiger partial charge on any atom is -0.395 e. The zero-order chi connectivity index (χ0) is 13.1. The van der Waals surface area contributed by atoms with Gasteiger partial charge in [-0.3, -0.25) is 0 Å². The average Bonchev–Trinajstić information content (AvgIpc) is 2.51. The second-order valence-corrected chi connectivity index (χ2v) is 4.87. The van der Waals surface area contributed by atoms with Gasteiger partial charge in [-0.05, 0) is 33.0 Å². The van der Waals surface area contributed by atoms with Crippen molar-refractivity contribution in [2.75, 3.05) is 37.3 Å². The number of hydrogen-bond donors (Lipinski definition) is 1. The minimum absolute atomic E-state index is 0.348. The molecule has 1 aliphatic heterocycles. The Hall–Kier alpha value is -1.80. The van der Waals surface area contributed by atoms with Crippen LogP contribution in [0.15, 0.2) is 12.3 Å². The first-order valence-corrected chi connectivity index (χ1v) is 6.23. The number of nitrogens with two attached hydrogens (primary N) is 1. The van der Waals surface area contributed by atoms with Crippen LogP contribution < -0.4 is 10.6 Å². The van der Waals surface area contributed by atoms with Crippen molar-refractivity contribution in [2.24, 2.45) is 0 Å². The monoisotopic (exact) mass is 245 g/mol. The Kier molecular flexibility index (Phi) is 3.68. The lowest BCUT2D eigenvalue weighted by Crippen LogP contribution is -2.38. The quantitative estimate of drug-likeness (QED) is 0.801. The molecule has 2 rings (SSSR count). The Bertz CT molecular complexity index is 465. The molecule has 5 nitrogen and oxygen atoms in total. The second kappa shape index (κ2) is 5.23. The number of pyridine rings is 1. The van der Waals surface area contributed by atoms with Crippen LogP contribution in [0.3, 0.4) is 0 Å². The predicted molar refractivity (Wildman–Crippen MR) is 72.3 cm³/mol. The highest BCUT2D eigenvalue weighted by Crippen LogP contribution is 2.26. The number of nitrogen functional groups attached to an aromatic ring is 1. The van der Waals surface area contributed by atoms with Crippen molar-refractivity contribution in [1.29, 1.82) is 5.26 Å². The van der Waals surface area contributed by atoms with E-state index < -0.39 is 0 Å². The van der Waals surface area contributed by atoms with Crippen LogP contribution in [-0.2, 0) is 0 Å². The van der Waals surface area contributed by atoms with E-state index >= 15 is 0 Å². The van der Waals surface area contributed by atoms with Crippen molar-refractivity contribution in [3.8, 4) is 6.07 Å². The molecule has 0 bridgehead atoms. The Morgan fingerprint density at radius 3 is 3.00 bits per heavy atom. The van der Waals surface area contributed by atoms with Gasteiger partial charge in [-0.2, -0.15) is 5.26 Å². The highest BCUT2D eigenvalue weighted by Gasteiger charge is 2.23. The van der Waals surface area contributed by atoms with E-state index in [9.17, 15) is 0 Å². The molecule has 18 heavy (non-hydrogen) atoms. The number of hydrogen-bond acceptors (Lipinski definition) is 5. The molecule has 1 fully saturated rings. The van der Waals surface area contributed by atoms with Gasteiger partial charge < -0.3 is 15.5 Å². The normalized spacial score (nSPS) is 21.4. The second-order valence-electron chi connectivity index (χ2n) is 4.87. The first-order chi connectivity index (χ1) is 8.63. The minimum atomic E-state index is 0.348. The van der Waals surface area contributed by atoms with E-state index in [0.717, 1.165) is 31.9 Å². The lowest BCUT2D eigenvalue weighted by molar-refractivity contribution is 0.337. The molecule has 2 N–H and O–H groups in total. The number of rotatable bonds is 1. The molecule has 96 valence electrons. The lowest BCUT2D eigenvalue weighted by Gasteiger charge is -2.30. The van der Waals surface area contributed by atoms with Crippen molar-refractivity contribution >= 4 is 11.5 Å². The zero-order valence-corrected chi connectivity index (χ0v) is 10.9. The summed E-state index contributed by atoms with van der Waals surface area (Å²) >= 11 is 0. The number of likely N-dealkylation sites (N-methyl/N-ethyl adjacent to an activating group) is 1. The van der Waals surface area contributed by atoms with Gasteiger partial charge >= 0.3 is 0 Å². The van der Waals surface area contributed by atoms with E-state index in [1.807, 2.05) is 0 Å².